The van der Waals surface area contributed by atoms with Gasteiger partial charge in [0.05, 0.1) is 0 Å². The van der Waals surface area contributed by atoms with Crippen LogP contribution in [0, 0.1) is 5.92 Å². The molecule has 3 heteroatoms. The van der Waals surface area contributed by atoms with Crippen molar-refractivity contribution in [3.05, 3.63) is 0 Å². The van der Waals surface area contributed by atoms with E-state index in [1.807, 2.05) is 0 Å². The van der Waals surface area contributed by atoms with E-state index in [0.29, 0.717) is 18.0 Å². The van der Waals surface area contributed by atoms with Crippen LogP contribution in [-0.4, -0.2) is 28.6 Å². The number of nitrogens with one attached hydrogen (secondary N) is 1. The lowest BCUT2D eigenvalue weighted by Gasteiger charge is -2.34. The molecule has 0 amide bonds. The molecule has 0 aromatic heterocycles. The summed E-state index contributed by atoms with van der Waals surface area (Å²) in [4.78, 5) is 2.40. The fourth-order valence-electron chi connectivity index (χ4n) is 2.01. The number of hydrogen-bond donors (Lipinski definition) is 1. The van der Waals surface area contributed by atoms with Crippen molar-refractivity contribution in [1.29, 1.82) is 0 Å². The van der Waals surface area contributed by atoms with E-state index >= 15 is 0 Å². The van der Waals surface area contributed by atoms with Crippen molar-refractivity contribution >= 4 is 17.3 Å². The van der Waals surface area contributed by atoms with Crippen LogP contribution in [0.4, 0.5) is 0 Å². The molecule has 0 radical (unpaired) electrons. The largest absolute Gasteiger partial charge is 0.360 e. The Bertz CT molecular complexity index is 220. The first kappa shape index (κ1) is 13.8. The molecule has 0 aliphatic heterocycles. The third-order valence-corrected chi connectivity index (χ3v) is 3.46. The summed E-state index contributed by atoms with van der Waals surface area (Å²) in [5, 5.41) is 4.44. The summed E-state index contributed by atoms with van der Waals surface area (Å²) in [6, 6.07) is 1.26. The second kappa shape index (κ2) is 6.43. The minimum atomic E-state index is 0.598. The van der Waals surface area contributed by atoms with E-state index in [2.05, 4.69) is 37.9 Å². The van der Waals surface area contributed by atoms with Gasteiger partial charge in [0.2, 0.25) is 0 Å². The number of rotatable bonds is 6. The zero-order valence-corrected chi connectivity index (χ0v) is 11.9. The molecule has 0 saturated heterocycles. The Morgan fingerprint density at radius 3 is 2.25 bits per heavy atom. The van der Waals surface area contributed by atoms with Gasteiger partial charge < -0.3 is 10.2 Å². The van der Waals surface area contributed by atoms with Gasteiger partial charge in [-0.25, -0.2) is 0 Å². The first-order chi connectivity index (χ1) is 7.58. The molecule has 0 heterocycles. The third-order valence-electron chi connectivity index (χ3n) is 3.11. The van der Waals surface area contributed by atoms with Crippen LogP contribution in [0.2, 0.25) is 0 Å². The summed E-state index contributed by atoms with van der Waals surface area (Å²) in [6.07, 6.45) is 4.93. The Labute approximate surface area is 106 Å². The van der Waals surface area contributed by atoms with Gasteiger partial charge in [-0.3, -0.25) is 0 Å². The molecular formula is C13H26N2S. The highest BCUT2D eigenvalue weighted by molar-refractivity contribution is 7.80. The van der Waals surface area contributed by atoms with E-state index < -0.39 is 0 Å². The van der Waals surface area contributed by atoms with Crippen LogP contribution in [0.1, 0.15) is 53.4 Å². The molecule has 1 saturated carbocycles. The molecule has 1 rings (SSSR count). The first-order valence-electron chi connectivity index (χ1n) is 6.65. The van der Waals surface area contributed by atoms with Gasteiger partial charge in [-0.05, 0) is 43.8 Å². The average molecular weight is 242 g/mol. The van der Waals surface area contributed by atoms with E-state index in [0.717, 1.165) is 11.7 Å². The molecule has 16 heavy (non-hydrogen) atoms. The Kier molecular flexibility index (Phi) is 5.53. The predicted molar refractivity (Wildman–Crippen MR) is 74.7 cm³/mol. The molecule has 1 aliphatic carbocycles. The monoisotopic (exact) mass is 242 g/mol. The predicted octanol–water partition coefficient (Wildman–Crippen LogP) is 3.17. The average Bonchev–Trinajstić information content (AvgIpc) is 3.01. The Balaban J connectivity index is 2.55. The zero-order chi connectivity index (χ0) is 12.1. The van der Waals surface area contributed by atoms with Crippen LogP contribution in [0.5, 0.6) is 0 Å². The van der Waals surface area contributed by atoms with Crippen molar-refractivity contribution in [2.75, 3.05) is 6.54 Å². The van der Waals surface area contributed by atoms with Gasteiger partial charge in [-0.1, -0.05) is 27.7 Å². The second-order valence-corrected chi connectivity index (χ2v) is 5.63. The summed E-state index contributed by atoms with van der Waals surface area (Å²) >= 11 is 5.53. The first-order valence-corrected chi connectivity index (χ1v) is 7.06. The SMILES string of the molecule is CCC(CC)N(CC(C)C)C(=S)NC1CC1. The smallest absolute Gasteiger partial charge is 0.169 e. The lowest BCUT2D eigenvalue weighted by molar-refractivity contribution is 0.263. The third kappa shape index (κ3) is 4.28. The van der Waals surface area contributed by atoms with Gasteiger partial charge in [0, 0.05) is 18.6 Å². The van der Waals surface area contributed by atoms with Crippen molar-refractivity contribution in [1.82, 2.24) is 10.2 Å². The maximum atomic E-state index is 5.53. The normalized spacial score (nSPS) is 15.6. The molecule has 1 N–H and O–H groups in total. The molecule has 94 valence electrons. The van der Waals surface area contributed by atoms with Gasteiger partial charge in [0.15, 0.2) is 5.11 Å². The fourth-order valence-corrected chi connectivity index (χ4v) is 2.40. The van der Waals surface area contributed by atoms with Crippen molar-refractivity contribution in [2.24, 2.45) is 5.92 Å². The summed E-state index contributed by atoms with van der Waals surface area (Å²) in [5.74, 6) is 0.666. The topological polar surface area (TPSA) is 15.3 Å². The molecule has 0 atom stereocenters. The fraction of sp³-hybridized carbons (Fsp3) is 0.923. The zero-order valence-electron chi connectivity index (χ0n) is 11.1. The van der Waals surface area contributed by atoms with Crippen molar-refractivity contribution in [3.8, 4) is 0 Å². The van der Waals surface area contributed by atoms with Crippen LogP contribution in [0.25, 0.3) is 0 Å². The van der Waals surface area contributed by atoms with Gasteiger partial charge in [-0.15, -0.1) is 0 Å². The maximum Gasteiger partial charge on any atom is 0.169 e. The number of hydrogen-bond acceptors (Lipinski definition) is 1. The van der Waals surface area contributed by atoms with E-state index in [1.54, 1.807) is 0 Å². The van der Waals surface area contributed by atoms with E-state index in [-0.39, 0.29) is 0 Å². The Morgan fingerprint density at radius 2 is 1.88 bits per heavy atom. The molecule has 1 fully saturated rings. The van der Waals surface area contributed by atoms with E-state index in [1.165, 1.54) is 25.7 Å². The van der Waals surface area contributed by atoms with E-state index in [9.17, 15) is 0 Å². The molecule has 0 spiro atoms. The van der Waals surface area contributed by atoms with Gasteiger partial charge in [0.1, 0.15) is 0 Å². The second-order valence-electron chi connectivity index (χ2n) is 5.24. The summed E-state index contributed by atoms with van der Waals surface area (Å²) in [5.41, 5.74) is 0. The van der Waals surface area contributed by atoms with Crippen LogP contribution >= 0.6 is 12.2 Å². The minimum absolute atomic E-state index is 0.598. The summed E-state index contributed by atoms with van der Waals surface area (Å²) < 4.78 is 0. The number of nitrogens with zero attached hydrogens (tertiary/aromatic N) is 1. The highest BCUT2D eigenvalue weighted by atomic mass is 32.1. The molecule has 2 nitrogen and oxygen atoms in total. The van der Waals surface area contributed by atoms with Crippen LogP contribution in [0.3, 0.4) is 0 Å². The van der Waals surface area contributed by atoms with Crippen molar-refractivity contribution in [3.63, 3.8) is 0 Å². The molecule has 1 aliphatic rings. The molecule has 0 aromatic rings. The minimum Gasteiger partial charge on any atom is -0.360 e. The van der Waals surface area contributed by atoms with Crippen LogP contribution < -0.4 is 5.32 Å². The standard InChI is InChI=1S/C13H26N2S/c1-5-12(6-2)15(9-10(3)4)13(16)14-11-7-8-11/h10-12H,5-9H2,1-4H3,(H,14,16). The highest BCUT2D eigenvalue weighted by Crippen LogP contribution is 2.20. The van der Waals surface area contributed by atoms with Gasteiger partial charge in [-0.2, -0.15) is 0 Å². The molecule has 0 unspecified atom stereocenters. The summed E-state index contributed by atoms with van der Waals surface area (Å²) in [7, 11) is 0. The van der Waals surface area contributed by atoms with Gasteiger partial charge in [0.25, 0.3) is 0 Å². The van der Waals surface area contributed by atoms with Gasteiger partial charge >= 0.3 is 0 Å². The quantitative estimate of drug-likeness (QED) is 0.720. The lowest BCUT2D eigenvalue weighted by Crippen LogP contribution is -2.47. The van der Waals surface area contributed by atoms with Crippen LogP contribution in [-0.2, 0) is 0 Å². The van der Waals surface area contributed by atoms with E-state index in [4.69, 9.17) is 12.2 Å². The highest BCUT2D eigenvalue weighted by Gasteiger charge is 2.26. The Hall–Kier alpha value is -0.310. The molecule has 0 aromatic carbocycles. The molecule has 0 bridgehead atoms. The molecular weight excluding hydrogens is 216 g/mol. The number of thiocarbonyl (C=S) groups is 1. The Morgan fingerprint density at radius 1 is 1.31 bits per heavy atom. The van der Waals surface area contributed by atoms with Crippen molar-refractivity contribution < 1.29 is 0 Å². The van der Waals surface area contributed by atoms with Crippen molar-refractivity contribution in [2.45, 2.75) is 65.5 Å². The maximum absolute atomic E-state index is 5.53. The summed E-state index contributed by atoms with van der Waals surface area (Å²) in [6.45, 7) is 10.1. The van der Waals surface area contributed by atoms with Crippen LogP contribution in [0.15, 0.2) is 0 Å². The lowest BCUT2D eigenvalue weighted by atomic mass is 10.1.